The molecule has 1 atom stereocenters. The molecule has 0 aromatic heterocycles. The van der Waals surface area contributed by atoms with Crippen LogP contribution in [0.25, 0.3) is 0 Å². The molecular weight excluding hydrogens is 240 g/mol. The zero-order valence-electron chi connectivity index (χ0n) is 10.1. The van der Waals surface area contributed by atoms with Crippen LogP contribution in [0, 0.1) is 0 Å². The Balaban J connectivity index is 2.61. The molecule has 0 bridgehead atoms. The molecule has 1 rings (SSSR count). The SMILES string of the molecule is CCOC(=O)C(Cl)Cc1cccc(OCC)c1. The maximum Gasteiger partial charge on any atom is 0.324 e. The van der Waals surface area contributed by atoms with Gasteiger partial charge in [0.05, 0.1) is 13.2 Å². The molecular formula is C13H17ClO3. The summed E-state index contributed by atoms with van der Waals surface area (Å²) in [4.78, 5) is 11.4. The van der Waals surface area contributed by atoms with Gasteiger partial charge in [-0.2, -0.15) is 0 Å². The Hall–Kier alpha value is -1.22. The molecule has 0 amide bonds. The molecule has 0 aliphatic heterocycles. The predicted octanol–water partition coefficient (Wildman–Crippen LogP) is 2.80. The van der Waals surface area contributed by atoms with Crippen LogP contribution in [0.1, 0.15) is 19.4 Å². The second-order valence-corrected chi connectivity index (χ2v) is 4.03. The van der Waals surface area contributed by atoms with Crippen LogP contribution in [-0.4, -0.2) is 24.6 Å². The van der Waals surface area contributed by atoms with E-state index in [1.807, 2.05) is 31.2 Å². The molecule has 0 radical (unpaired) electrons. The minimum absolute atomic E-state index is 0.348. The number of ether oxygens (including phenoxy) is 2. The number of benzene rings is 1. The lowest BCUT2D eigenvalue weighted by Crippen LogP contribution is -2.20. The highest BCUT2D eigenvalue weighted by Crippen LogP contribution is 2.16. The van der Waals surface area contributed by atoms with Crippen molar-refractivity contribution in [3.63, 3.8) is 0 Å². The van der Waals surface area contributed by atoms with Crippen LogP contribution in [0.5, 0.6) is 5.75 Å². The first-order chi connectivity index (χ1) is 8.17. The second-order valence-electron chi connectivity index (χ2n) is 3.50. The van der Waals surface area contributed by atoms with Crippen LogP contribution in [0.15, 0.2) is 24.3 Å². The lowest BCUT2D eigenvalue weighted by Gasteiger charge is -2.10. The fourth-order valence-corrected chi connectivity index (χ4v) is 1.69. The molecule has 1 aromatic carbocycles. The summed E-state index contributed by atoms with van der Waals surface area (Å²) >= 11 is 5.96. The van der Waals surface area contributed by atoms with Gasteiger partial charge in [-0.15, -0.1) is 11.6 Å². The Morgan fingerprint density at radius 3 is 2.76 bits per heavy atom. The normalized spacial score (nSPS) is 11.9. The number of esters is 1. The summed E-state index contributed by atoms with van der Waals surface area (Å²) in [6.45, 7) is 4.65. The molecule has 17 heavy (non-hydrogen) atoms. The van der Waals surface area contributed by atoms with Crippen molar-refractivity contribution in [2.45, 2.75) is 25.6 Å². The number of halogens is 1. The van der Waals surface area contributed by atoms with Crippen molar-refractivity contribution in [1.82, 2.24) is 0 Å². The van der Waals surface area contributed by atoms with Crippen LogP contribution in [-0.2, 0) is 16.0 Å². The average molecular weight is 257 g/mol. The standard InChI is InChI=1S/C13H17ClO3/c1-3-16-11-7-5-6-10(8-11)9-12(14)13(15)17-4-2/h5-8,12H,3-4,9H2,1-2H3. The van der Waals surface area contributed by atoms with Crippen molar-refractivity contribution in [3.05, 3.63) is 29.8 Å². The lowest BCUT2D eigenvalue weighted by molar-refractivity contribution is -0.142. The van der Waals surface area contributed by atoms with Crippen LogP contribution in [0.3, 0.4) is 0 Å². The third-order valence-corrected chi connectivity index (χ3v) is 2.50. The van der Waals surface area contributed by atoms with Crippen molar-refractivity contribution in [1.29, 1.82) is 0 Å². The molecule has 0 N–H and O–H groups in total. The van der Waals surface area contributed by atoms with E-state index in [-0.39, 0.29) is 5.97 Å². The van der Waals surface area contributed by atoms with Crippen LogP contribution < -0.4 is 4.74 Å². The van der Waals surface area contributed by atoms with E-state index in [1.54, 1.807) is 6.92 Å². The zero-order valence-corrected chi connectivity index (χ0v) is 10.9. The van der Waals surface area contributed by atoms with Gasteiger partial charge in [-0.25, -0.2) is 0 Å². The van der Waals surface area contributed by atoms with Gasteiger partial charge in [0.2, 0.25) is 0 Å². The van der Waals surface area contributed by atoms with Gasteiger partial charge < -0.3 is 9.47 Å². The van der Waals surface area contributed by atoms with E-state index in [9.17, 15) is 4.79 Å². The first kappa shape index (κ1) is 13.8. The number of carbonyl (C=O) groups excluding carboxylic acids is 1. The third kappa shape index (κ3) is 4.65. The molecule has 0 fully saturated rings. The summed E-state index contributed by atoms with van der Waals surface area (Å²) < 4.78 is 10.2. The Bertz CT molecular complexity index is 365. The summed E-state index contributed by atoms with van der Waals surface area (Å²) in [6, 6.07) is 7.56. The average Bonchev–Trinajstić information content (AvgIpc) is 2.30. The number of hydrogen-bond donors (Lipinski definition) is 0. The Labute approximate surface area is 107 Å². The van der Waals surface area contributed by atoms with Crippen molar-refractivity contribution in [3.8, 4) is 5.75 Å². The molecule has 0 heterocycles. The zero-order chi connectivity index (χ0) is 12.7. The van der Waals surface area contributed by atoms with E-state index in [0.717, 1.165) is 11.3 Å². The molecule has 0 saturated heterocycles. The highest BCUT2D eigenvalue weighted by atomic mass is 35.5. The van der Waals surface area contributed by atoms with Gasteiger partial charge in [0, 0.05) is 0 Å². The molecule has 0 spiro atoms. The molecule has 0 aliphatic rings. The smallest absolute Gasteiger partial charge is 0.324 e. The van der Waals surface area contributed by atoms with E-state index < -0.39 is 5.38 Å². The summed E-state index contributed by atoms with van der Waals surface area (Å²) in [7, 11) is 0. The third-order valence-electron chi connectivity index (χ3n) is 2.17. The number of alkyl halides is 1. The van der Waals surface area contributed by atoms with E-state index in [4.69, 9.17) is 21.1 Å². The topological polar surface area (TPSA) is 35.5 Å². The molecule has 1 unspecified atom stereocenters. The van der Waals surface area contributed by atoms with Gasteiger partial charge in [-0.1, -0.05) is 12.1 Å². The highest BCUT2D eigenvalue weighted by molar-refractivity contribution is 6.30. The van der Waals surface area contributed by atoms with E-state index in [1.165, 1.54) is 0 Å². The Morgan fingerprint density at radius 1 is 1.35 bits per heavy atom. The second kappa shape index (κ2) is 7.17. The predicted molar refractivity (Wildman–Crippen MR) is 67.6 cm³/mol. The molecule has 0 saturated carbocycles. The van der Waals surface area contributed by atoms with Crippen LogP contribution >= 0.6 is 11.6 Å². The fourth-order valence-electron chi connectivity index (χ4n) is 1.45. The Morgan fingerprint density at radius 2 is 2.12 bits per heavy atom. The van der Waals surface area contributed by atoms with Gasteiger partial charge >= 0.3 is 5.97 Å². The summed E-state index contributed by atoms with van der Waals surface area (Å²) in [6.07, 6.45) is 0.446. The minimum Gasteiger partial charge on any atom is -0.494 e. The number of rotatable bonds is 6. The summed E-state index contributed by atoms with van der Waals surface area (Å²) in [5, 5.41) is -0.646. The lowest BCUT2D eigenvalue weighted by atomic mass is 10.1. The van der Waals surface area contributed by atoms with E-state index >= 15 is 0 Å². The summed E-state index contributed by atoms with van der Waals surface area (Å²) in [5.41, 5.74) is 0.962. The van der Waals surface area contributed by atoms with E-state index in [2.05, 4.69) is 0 Å². The number of hydrogen-bond acceptors (Lipinski definition) is 3. The Kier molecular flexibility index (Phi) is 5.84. The molecule has 4 heteroatoms. The fraction of sp³-hybridized carbons (Fsp3) is 0.462. The first-order valence-corrected chi connectivity index (χ1v) is 6.13. The highest BCUT2D eigenvalue weighted by Gasteiger charge is 2.17. The summed E-state index contributed by atoms with van der Waals surface area (Å²) in [5.74, 6) is 0.411. The largest absolute Gasteiger partial charge is 0.494 e. The quantitative estimate of drug-likeness (QED) is 0.580. The molecule has 94 valence electrons. The van der Waals surface area contributed by atoms with Crippen molar-refractivity contribution in [2.75, 3.05) is 13.2 Å². The monoisotopic (exact) mass is 256 g/mol. The maximum atomic E-state index is 11.4. The van der Waals surface area contributed by atoms with Gasteiger partial charge in [0.25, 0.3) is 0 Å². The first-order valence-electron chi connectivity index (χ1n) is 5.69. The van der Waals surface area contributed by atoms with E-state index in [0.29, 0.717) is 19.6 Å². The van der Waals surface area contributed by atoms with Gasteiger partial charge in [0.1, 0.15) is 11.1 Å². The van der Waals surface area contributed by atoms with Crippen LogP contribution in [0.4, 0.5) is 0 Å². The van der Waals surface area contributed by atoms with Gasteiger partial charge in [0.15, 0.2) is 0 Å². The van der Waals surface area contributed by atoms with Crippen molar-refractivity contribution in [2.24, 2.45) is 0 Å². The van der Waals surface area contributed by atoms with Gasteiger partial charge in [-0.05, 0) is 38.0 Å². The molecule has 1 aromatic rings. The van der Waals surface area contributed by atoms with Gasteiger partial charge in [-0.3, -0.25) is 4.79 Å². The number of carbonyl (C=O) groups is 1. The van der Waals surface area contributed by atoms with Crippen molar-refractivity contribution < 1.29 is 14.3 Å². The minimum atomic E-state index is -0.646. The van der Waals surface area contributed by atoms with Crippen LogP contribution in [0.2, 0.25) is 0 Å². The molecule has 0 aliphatic carbocycles. The van der Waals surface area contributed by atoms with Crippen molar-refractivity contribution >= 4 is 17.6 Å². The maximum absolute atomic E-state index is 11.4. The molecule has 3 nitrogen and oxygen atoms in total.